The minimum absolute atomic E-state index is 0.191. The maximum absolute atomic E-state index is 13.2. The van der Waals surface area contributed by atoms with Crippen LogP contribution in [0.4, 0.5) is 5.69 Å². The number of benzene rings is 3. The van der Waals surface area contributed by atoms with E-state index in [9.17, 15) is 4.79 Å². The number of methoxy groups -OCH3 is 2. The molecule has 3 aliphatic heterocycles. The Morgan fingerprint density at radius 1 is 0.914 bits per heavy atom. The summed E-state index contributed by atoms with van der Waals surface area (Å²) >= 11 is 0. The summed E-state index contributed by atoms with van der Waals surface area (Å²) in [6.45, 7) is 1.94. The van der Waals surface area contributed by atoms with Gasteiger partial charge in [0.1, 0.15) is 24.7 Å². The van der Waals surface area contributed by atoms with Crippen LogP contribution in [0.5, 0.6) is 34.5 Å². The van der Waals surface area contributed by atoms with Gasteiger partial charge >= 0.3 is 0 Å². The quantitative estimate of drug-likeness (QED) is 0.515. The molecule has 8 heteroatoms. The minimum Gasteiger partial charge on any atom is -0.493 e. The van der Waals surface area contributed by atoms with Crippen molar-refractivity contribution in [2.24, 2.45) is 0 Å². The number of ether oxygens (including phenoxy) is 6. The molecule has 3 aromatic rings. The molecule has 0 saturated carbocycles. The van der Waals surface area contributed by atoms with Gasteiger partial charge in [-0.1, -0.05) is 12.1 Å². The van der Waals surface area contributed by atoms with Crippen molar-refractivity contribution in [2.45, 2.75) is 6.54 Å². The fourth-order valence-electron chi connectivity index (χ4n) is 4.52. The number of carbonyl (C=O) groups excluding carboxylic acids is 1. The zero-order valence-corrected chi connectivity index (χ0v) is 19.3. The maximum atomic E-state index is 13.2. The second-order valence-electron chi connectivity index (χ2n) is 8.24. The molecule has 0 radical (unpaired) electrons. The van der Waals surface area contributed by atoms with Crippen molar-refractivity contribution < 1.29 is 33.2 Å². The Morgan fingerprint density at radius 3 is 2.57 bits per heavy atom. The molecule has 0 saturated heterocycles. The summed E-state index contributed by atoms with van der Waals surface area (Å²) < 4.78 is 34.4. The molecule has 8 nitrogen and oxygen atoms in total. The van der Waals surface area contributed by atoms with Gasteiger partial charge in [-0.3, -0.25) is 4.79 Å². The van der Waals surface area contributed by atoms with Crippen LogP contribution in [0, 0.1) is 0 Å². The zero-order chi connectivity index (χ0) is 23.9. The van der Waals surface area contributed by atoms with Gasteiger partial charge in [-0.2, -0.15) is 0 Å². The molecule has 0 fully saturated rings. The summed E-state index contributed by atoms with van der Waals surface area (Å²) in [5.74, 6) is 3.79. The molecule has 3 aromatic carbocycles. The lowest BCUT2D eigenvalue weighted by atomic mass is 10.0. The first-order chi connectivity index (χ1) is 17.2. The Balaban J connectivity index is 1.33. The van der Waals surface area contributed by atoms with Gasteiger partial charge in [0.15, 0.2) is 35.5 Å². The molecule has 3 heterocycles. The van der Waals surface area contributed by atoms with Crippen LogP contribution < -0.4 is 33.3 Å². The second-order valence-corrected chi connectivity index (χ2v) is 8.24. The topological polar surface area (TPSA) is 75.7 Å². The van der Waals surface area contributed by atoms with Crippen LogP contribution in [-0.4, -0.2) is 39.9 Å². The standard InChI is InChI=1S/C27H23NO7/c1-30-22-5-3-4-16(26(22)31-2)12-24-25(29)18-7-9-20-19(27(18)35-24)14-28(15-34-20)17-6-8-21-23(13-17)33-11-10-32-21/h3-9,12-13H,10-11,14-15H2,1-2H3/b24-12-. The van der Waals surface area contributed by atoms with Crippen LogP contribution in [0.3, 0.4) is 0 Å². The van der Waals surface area contributed by atoms with Crippen LogP contribution in [0.1, 0.15) is 21.5 Å². The van der Waals surface area contributed by atoms with Gasteiger partial charge in [0, 0.05) is 17.3 Å². The largest absolute Gasteiger partial charge is 0.493 e. The Kier molecular flexibility index (Phi) is 5.13. The van der Waals surface area contributed by atoms with Crippen molar-refractivity contribution in [1.29, 1.82) is 0 Å². The fraction of sp³-hybridized carbons (Fsp3) is 0.222. The lowest BCUT2D eigenvalue weighted by Gasteiger charge is -2.32. The Morgan fingerprint density at radius 2 is 1.74 bits per heavy atom. The number of hydrogen-bond acceptors (Lipinski definition) is 8. The van der Waals surface area contributed by atoms with Gasteiger partial charge in [-0.15, -0.1) is 0 Å². The number of para-hydroxylation sites is 1. The summed E-state index contributed by atoms with van der Waals surface area (Å²) in [6.07, 6.45) is 1.68. The van der Waals surface area contributed by atoms with Crippen LogP contribution in [0.25, 0.3) is 6.08 Å². The highest BCUT2D eigenvalue weighted by Gasteiger charge is 2.34. The lowest BCUT2D eigenvalue weighted by molar-refractivity contribution is 0.101. The number of ketones is 1. The van der Waals surface area contributed by atoms with Gasteiger partial charge in [0.2, 0.25) is 5.78 Å². The predicted octanol–water partition coefficient (Wildman–Crippen LogP) is 4.45. The highest BCUT2D eigenvalue weighted by molar-refractivity contribution is 6.15. The van der Waals surface area contributed by atoms with Crippen LogP contribution >= 0.6 is 0 Å². The molecular formula is C27H23NO7. The highest BCUT2D eigenvalue weighted by Crippen LogP contribution is 2.44. The van der Waals surface area contributed by atoms with E-state index < -0.39 is 0 Å². The SMILES string of the molecule is COc1cccc(/C=C2\Oc3c(ccc4c3CN(c3ccc5c(c3)OCCO5)CO4)C2=O)c1OC. The minimum atomic E-state index is -0.191. The van der Waals surface area contributed by atoms with Gasteiger partial charge < -0.3 is 33.3 Å². The molecular weight excluding hydrogens is 450 g/mol. The van der Waals surface area contributed by atoms with Crippen molar-refractivity contribution >= 4 is 17.5 Å². The van der Waals surface area contributed by atoms with E-state index in [1.165, 1.54) is 0 Å². The van der Waals surface area contributed by atoms with E-state index in [2.05, 4.69) is 4.90 Å². The molecule has 3 aliphatic rings. The van der Waals surface area contributed by atoms with Crippen LogP contribution in [-0.2, 0) is 6.54 Å². The lowest BCUT2D eigenvalue weighted by Crippen LogP contribution is -2.32. The summed E-state index contributed by atoms with van der Waals surface area (Å²) in [7, 11) is 3.13. The molecule has 0 N–H and O–H groups in total. The Labute approximate surface area is 202 Å². The number of fused-ring (bicyclic) bond motifs is 4. The Bertz CT molecular complexity index is 1360. The van der Waals surface area contributed by atoms with E-state index >= 15 is 0 Å². The van der Waals surface area contributed by atoms with E-state index in [1.54, 1.807) is 32.4 Å². The van der Waals surface area contributed by atoms with Gasteiger partial charge in [0.05, 0.1) is 31.9 Å². The molecule has 0 unspecified atom stereocenters. The molecule has 0 bridgehead atoms. The molecule has 0 aromatic heterocycles. The van der Waals surface area contributed by atoms with Crippen molar-refractivity contribution in [2.75, 3.05) is 39.1 Å². The number of carbonyl (C=O) groups is 1. The summed E-state index contributed by atoms with van der Waals surface area (Å²) in [5, 5.41) is 0. The molecule has 0 amide bonds. The zero-order valence-electron chi connectivity index (χ0n) is 19.3. The van der Waals surface area contributed by atoms with Gasteiger partial charge in [-0.05, 0) is 36.4 Å². The number of anilines is 1. The van der Waals surface area contributed by atoms with Crippen molar-refractivity contribution in [3.8, 4) is 34.5 Å². The van der Waals surface area contributed by atoms with E-state index in [0.29, 0.717) is 66.4 Å². The van der Waals surface area contributed by atoms with Crippen molar-refractivity contribution in [3.05, 3.63) is 71.0 Å². The number of Topliss-reactive ketones (excluding diaryl/α,β-unsaturated/α-hetero) is 1. The first-order valence-corrected chi connectivity index (χ1v) is 11.2. The summed E-state index contributed by atoms with van der Waals surface area (Å²) in [4.78, 5) is 15.3. The number of rotatable bonds is 4. The van der Waals surface area contributed by atoms with E-state index in [1.807, 2.05) is 36.4 Å². The van der Waals surface area contributed by atoms with Crippen LogP contribution in [0.2, 0.25) is 0 Å². The summed E-state index contributed by atoms with van der Waals surface area (Å²) in [5.41, 5.74) is 2.94. The molecule has 0 atom stereocenters. The first-order valence-electron chi connectivity index (χ1n) is 11.2. The normalized spacial score (nSPS) is 16.8. The molecule has 6 rings (SSSR count). The molecule has 0 spiro atoms. The number of nitrogens with zero attached hydrogens (tertiary/aromatic N) is 1. The second kappa shape index (κ2) is 8.47. The highest BCUT2D eigenvalue weighted by atomic mass is 16.6. The third-order valence-corrected chi connectivity index (χ3v) is 6.23. The average Bonchev–Trinajstić information content (AvgIpc) is 3.23. The van der Waals surface area contributed by atoms with Gasteiger partial charge in [-0.25, -0.2) is 0 Å². The predicted molar refractivity (Wildman–Crippen MR) is 128 cm³/mol. The van der Waals surface area contributed by atoms with E-state index in [4.69, 9.17) is 28.4 Å². The monoisotopic (exact) mass is 473 g/mol. The summed E-state index contributed by atoms with van der Waals surface area (Å²) in [6, 6.07) is 14.9. The number of allylic oxidation sites excluding steroid dienone is 1. The van der Waals surface area contributed by atoms with Crippen molar-refractivity contribution in [3.63, 3.8) is 0 Å². The number of hydrogen-bond donors (Lipinski definition) is 0. The first kappa shape index (κ1) is 21.2. The smallest absolute Gasteiger partial charge is 0.231 e. The van der Waals surface area contributed by atoms with Gasteiger partial charge in [0.25, 0.3) is 0 Å². The third-order valence-electron chi connectivity index (χ3n) is 6.23. The van der Waals surface area contributed by atoms with Crippen LogP contribution in [0.15, 0.2) is 54.3 Å². The molecule has 35 heavy (non-hydrogen) atoms. The molecule has 178 valence electrons. The van der Waals surface area contributed by atoms with E-state index in [0.717, 1.165) is 17.0 Å². The average molecular weight is 473 g/mol. The van der Waals surface area contributed by atoms with E-state index in [-0.39, 0.29) is 11.5 Å². The molecule has 0 aliphatic carbocycles. The fourth-order valence-corrected chi connectivity index (χ4v) is 4.52. The Hall–Kier alpha value is -4.33. The maximum Gasteiger partial charge on any atom is 0.231 e. The van der Waals surface area contributed by atoms with Crippen molar-refractivity contribution in [1.82, 2.24) is 0 Å². The third kappa shape index (κ3) is 3.58.